The molecule has 2 aromatic carbocycles. The standard InChI is InChI=1S/C16H19NO5S/c1-20-14-7-5-4-6-12(14)11-17-23(18,19)13-8-9-15(21-2)16(10-13)22-3/h4-10,17H,11H2,1-3H3. The summed E-state index contributed by atoms with van der Waals surface area (Å²) in [6, 6.07) is 11.7. The number of methoxy groups -OCH3 is 3. The minimum absolute atomic E-state index is 0.102. The molecule has 2 aromatic rings. The second-order valence-corrected chi connectivity index (χ2v) is 6.42. The quantitative estimate of drug-likeness (QED) is 0.838. The van der Waals surface area contributed by atoms with E-state index in [2.05, 4.69) is 4.72 Å². The maximum Gasteiger partial charge on any atom is 0.241 e. The molecule has 0 heterocycles. The first-order valence-corrected chi connectivity index (χ1v) is 8.33. The van der Waals surface area contributed by atoms with Crippen LogP contribution >= 0.6 is 0 Å². The van der Waals surface area contributed by atoms with Crippen molar-refractivity contribution in [2.45, 2.75) is 11.4 Å². The van der Waals surface area contributed by atoms with Crippen molar-refractivity contribution in [1.29, 1.82) is 0 Å². The average Bonchev–Trinajstić information content (AvgIpc) is 2.59. The van der Waals surface area contributed by atoms with E-state index >= 15 is 0 Å². The Morgan fingerprint density at radius 1 is 0.870 bits per heavy atom. The first kappa shape index (κ1) is 17.1. The van der Waals surface area contributed by atoms with E-state index in [4.69, 9.17) is 14.2 Å². The fourth-order valence-electron chi connectivity index (χ4n) is 2.09. The molecular weight excluding hydrogens is 318 g/mol. The highest BCUT2D eigenvalue weighted by Crippen LogP contribution is 2.29. The van der Waals surface area contributed by atoms with E-state index in [1.807, 2.05) is 12.1 Å². The molecule has 2 rings (SSSR count). The van der Waals surface area contributed by atoms with Gasteiger partial charge in [0, 0.05) is 18.2 Å². The molecule has 0 radical (unpaired) electrons. The summed E-state index contributed by atoms with van der Waals surface area (Å²) in [5, 5.41) is 0. The van der Waals surface area contributed by atoms with Gasteiger partial charge < -0.3 is 14.2 Å². The van der Waals surface area contributed by atoms with Gasteiger partial charge in [0.15, 0.2) is 11.5 Å². The third-order valence-electron chi connectivity index (χ3n) is 3.31. The number of hydrogen-bond donors (Lipinski definition) is 1. The van der Waals surface area contributed by atoms with E-state index in [-0.39, 0.29) is 11.4 Å². The van der Waals surface area contributed by atoms with Gasteiger partial charge in [0.05, 0.1) is 26.2 Å². The Balaban J connectivity index is 2.22. The maximum atomic E-state index is 12.4. The fraction of sp³-hybridized carbons (Fsp3) is 0.250. The van der Waals surface area contributed by atoms with Gasteiger partial charge in [-0.2, -0.15) is 0 Å². The summed E-state index contributed by atoms with van der Waals surface area (Å²) in [7, 11) is 0.808. The topological polar surface area (TPSA) is 73.9 Å². The van der Waals surface area contributed by atoms with Gasteiger partial charge >= 0.3 is 0 Å². The summed E-state index contributed by atoms with van der Waals surface area (Å²) in [6.07, 6.45) is 0. The van der Waals surface area contributed by atoms with Crippen molar-refractivity contribution in [3.63, 3.8) is 0 Å². The van der Waals surface area contributed by atoms with Crippen LogP contribution in [-0.4, -0.2) is 29.7 Å². The van der Waals surface area contributed by atoms with E-state index in [1.54, 1.807) is 25.3 Å². The van der Waals surface area contributed by atoms with Crippen LogP contribution in [0.2, 0.25) is 0 Å². The number of sulfonamides is 1. The minimum Gasteiger partial charge on any atom is -0.496 e. The van der Waals surface area contributed by atoms with Crippen molar-refractivity contribution in [3.05, 3.63) is 48.0 Å². The molecule has 1 N–H and O–H groups in total. The van der Waals surface area contributed by atoms with Gasteiger partial charge in [0.1, 0.15) is 5.75 Å². The van der Waals surface area contributed by atoms with Crippen molar-refractivity contribution >= 4 is 10.0 Å². The molecule has 0 amide bonds. The highest BCUT2D eigenvalue weighted by Gasteiger charge is 2.17. The summed E-state index contributed by atoms with van der Waals surface area (Å²) >= 11 is 0. The van der Waals surface area contributed by atoms with Crippen LogP contribution in [0.1, 0.15) is 5.56 Å². The number of rotatable bonds is 7. The normalized spacial score (nSPS) is 11.1. The Morgan fingerprint density at radius 3 is 2.17 bits per heavy atom. The molecule has 0 fully saturated rings. The molecule has 0 saturated carbocycles. The highest BCUT2D eigenvalue weighted by molar-refractivity contribution is 7.89. The predicted octanol–water partition coefficient (Wildman–Crippen LogP) is 2.19. The van der Waals surface area contributed by atoms with Gasteiger partial charge in [-0.15, -0.1) is 0 Å². The molecule has 0 unspecified atom stereocenters. The Kier molecular flexibility index (Phi) is 5.46. The second-order valence-electron chi connectivity index (χ2n) is 4.65. The molecule has 0 spiro atoms. The van der Waals surface area contributed by atoms with Crippen molar-refractivity contribution < 1.29 is 22.6 Å². The molecule has 0 saturated heterocycles. The van der Waals surface area contributed by atoms with Gasteiger partial charge in [-0.3, -0.25) is 0 Å². The Bertz CT molecular complexity index is 774. The molecule has 0 aliphatic heterocycles. The molecule has 124 valence electrons. The van der Waals surface area contributed by atoms with E-state index in [0.717, 1.165) is 5.56 Å². The van der Waals surface area contributed by atoms with Crippen LogP contribution in [0.3, 0.4) is 0 Å². The summed E-state index contributed by atoms with van der Waals surface area (Å²) in [4.78, 5) is 0.102. The summed E-state index contributed by atoms with van der Waals surface area (Å²) in [6.45, 7) is 0.126. The van der Waals surface area contributed by atoms with Gasteiger partial charge in [0.2, 0.25) is 10.0 Å². The highest BCUT2D eigenvalue weighted by atomic mass is 32.2. The lowest BCUT2D eigenvalue weighted by Crippen LogP contribution is -2.23. The SMILES string of the molecule is COc1ccccc1CNS(=O)(=O)c1ccc(OC)c(OC)c1. The van der Waals surface area contributed by atoms with E-state index in [9.17, 15) is 8.42 Å². The summed E-state index contributed by atoms with van der Waals surface area (Å²) in [5.41, 5.74) is 0.749. The average molecular weight is 337 g/mol. The Morgan fingerprint density at radius 2 is 1.52 bits per heavy atom. The van der Waals surface area contributed by atoms with Crippen LogP contribution in [0, 0.1) is 0 Å². The summed E-state index contributed by atoms with van der Waals surface area (Å²) in [5.74, 6) is 1.45. The van der Waals surface area contributed by atoms with Crippen LogP contribution in [0.5, 0.6) is 17.2 Å². The summed E-state index contributed by atoms with van der Waals surface area (Å²) < 4.78 is 42.9. The molecule has 0 aliphatic rings. The molecule has 23 heavy (non-hydrogen) atoms. The molecule has 6 nitrogen and oxygen atoms in total. The smallest absolute Gasteiger partial charge is 0.241 e. The van der Waals surface area contributed by atoms with Crippen LogP contribution in [-0.2, 0) is 16.6 Å². The first-order chi connectivity index (χ1) is 11.0. The molecule has 0 bridgehead atoms. The third-order valence-corrected chi connectivity index (χ3v) is 4.71. The van der Waals surface area contributed by atoms with Crippen LogP contribution in [0.25, 0.3) is 0 Å². The number of hydrogen-bond acceptors (Lipinski definition) is 5. The largest absolute Gasteiger partial charge is 0.496 e. The van der Waals surface area contributed by atoms with Gasteiger partial charge in [-0.05, 0) is 18.2 Å². The Hall–Kier alpha value is -2.25. The van der Waals surface area contributed by atoms with Crippen molar-refractivity contribution in [2.75, 3.05) is 21.3 Å². The lowest BCUT2D eigenvalue weighted by Gasteiger charge is -2.12. The van der Waals surface area contributed by atoms with Crippen LogP contribution in [0.4, 0.5) is 0 Å². The van der Waals surface area contributed by atoms with Crippen molar-refractivity contribution in [3.8, 4) is 17.2 Å². The maximum absolute atomic E-state index is 12.4. The van der Waals surface area contributed by atoms with Crippen LogP contribution < -0.4 is 18.9 Å². The van der Waals surface area contributed by atoms with Gasteiger partial charge in [0.25, 0.3) is 0 Å². The number of para-hydroxylation sites is 1. The van der Waals surface area contributed by atoms with Crippen molar-refractivity contribution in [1.82, 2.24) is 4.72 Å². The first-order valence-electron chi connectivity index (χ1n) is 6.85. The zero-order chi connectivity index (χ0) is 16.9. The zero-order valence-electron chi connectivity index (χ0n) is 13.2. The molecular formula is C16H19NO5S. The van der Waals surface area contributed by atoms with Gasteiger partial charge in [-0.1, -0.05) is 18.2 Å². The fourth-order valence-corrected chi connectivity index (χ4v) is 3.11. The number of nitrogens with one attached hydrogen (secondary N) is 1. The van der Waals surface area contributed by atoms with Crippen LogP contribution in [0.15, 0.2) is 47.4 Å². The molecule has 0 aromatic heterocycles. The second kappa shape index (κ2) is 7.34. The Labute approximate surface area is 136 Å². The molecule has 7 heteroatoms. The van der Waals surface area contributed by atoms with E-state index in [1.165, 1.54) is 26.4 Å². The minimum atomic E-state index is -3.68. The predicted molar refractivity (Wildman–Crippen MR) is 86.6 cm³/mol. The van der Waals surface area contributed by atoms with Gasteiger partial charge in [-0.25, -0.2) is 13.1 Å². The van der Waals surface area contributed by atoms with E-state index in [0.29, 0.717) is 17.2 Å². The molecule has 0 atom stereocenters. The third kappa shape index (κ3) is 3.94. The lowest BCUT2D eigenvalue weighted by atomic mass is 10.2. The monoisotopic (exact) mass is 337 g/mol. The van der Waals surface area contributed by atoms with Crippen molar-refractivity contribution in [2.24, 2.45) is 0 Å². The number of benzene rings is 2. The lowest BCUT2D eigenvalue weighted by molar-refractivity contribution is 0.354. The molecule has 0 aliphatic carbocycles. The zero-order valence-corrected chi connectivity index (χ0v) is 14.0. The number of ether oxygens (including phenoxy) is 3. The van der Waals surface area contributed by atoms with E-state index < -0.39 is 10.0 Å².